The molecule has 1 heterocycles. The Labute approximate surface area is 438 Å². The second kappa shape index (κ2) is 16.7. The van der Waals surface area contributed by atoms with Crippen LogP contribution in [0.2, 0.25) is 0 Å². The van der Waals surface area contributed by atoms with Gasteiger partial charge in [-0.1, -0.05) is 196 Å². The maximum atomic E-state index is 2.69. The number of aromatic nitrogens is 1. The molecule has 4 aliphatic carbocycles. The summed E-state index contributed by atoms with van der Waals surface area (Å²) >= 11 is 0. The quantitative estimate of drug-likeness (QED) is 0.158. The molecular weight excluding hydrogens is 907 g/mol. The Morgan fingerprint density at radius 1 is 0.400 bits per heavy atom. The molecule has 356 valence electrons. The SMILES string of the molecule is CC1(C)C2=C/C(n3c4ccc(N(c5ccccc5)c5ccccc5)cc4c4cc(N(c5ccccc5)c5ccccc5)c5c(c43)C3(c4ccccc4-c4ccccc43)c3ccccc3-5)=CCC/C=C\2c2ccccc21. The molecule has 3 nitrogen and oxygen atoms in total. The van der Waals surface area contributed by atoms with Gasteiger partial charge in [-0.05, 0) is 147 Å². The molecule has 0 unspecified atom stereocenters. The van der Waals surface area contributed by atoms with Crippen LogP contribution in [0.15, 0.2) is 266 Å². The first kappa shape index (κ1) is 43.4. The number of hydrogen-bond acceptors (Lipinski definition) is 2. The molecule has 1 aromatic heterocycles. The number of benzene rings is 10. The Morgan fingerprint density at radius 3 is 1.44 bits per heavy atom. The standard InChI is InChI=1S/C72H53N3/c1-71(2)61-39-21-17-34-54(61)57-37-16-15-33-52(46-65(57)71)75-66-44-43-53(73(48-25-7-3-8-26-48)49-27-9-4-10-28-49)45-59(66)60-47-67(74(50-29-11-5-12-30-50)51-31-13-6-14-32-51)68-58-38-20-24-42-64(58)72(69(68)70(60)75)62-40-22-18-35-55(62)56-36-19-23-41-63(56)72/h3-14,17-47H,15-16H2,1-2H3/b52-33?,57-37-,65-46+. The average molecular weight is 960 g/mol. The highest BCUT2D eigenvalue weighted by Crippen LogP contribution is 2.67. The maximum Gasteiger partial charge on any atom is 0.0747 e. The molecule has 11 aromatic rings. The Morgan fingerprint density at radius 2 is 0.867 bits per heavy atom. The van der Waals surface area contributed by atoms with Crippen molar-refractivity contribution in [1.82, 2.24) is 4.57 Å². The van der Waals surface area contributed by atoms with Crippen molar-refractivity contribution in [2.45, 2.75) is 37.5 Å². The van der Waals surface area contributed by atoms with Crippen LogP contribution < -0.4 is 9.80 Å². The lowest BCUT2D eigenvalue weighted by Crippen LogP contribution is -2.27. The van der Waals surface area contributed by atoms with Crippen LogP contribution in [-0.4, -0.2) is 4.57 Å². The summed E-state index contributed by atoms with van der Waals surface area (Å²) in [6.07, 6.45) is 9.44. The summed E-state index contributed by atoms with van der Waals surface area (Å²) in [6, 6.07) is 90.3. The molecular formula is C72H53N3. The van der Waals surface area contributed by atoms with E-state index in [4.69, 9.17) is 0 Å². The van der Waals surface area contributed by atoms with Crippen LogP contribution in [0.4, 0.5) is 34.1 Å². The molecule has 0 radical (unpaired) electrons. The minimum Gasteiger partial charge on any atom is -0.310 e. The zero-order chi connectivity index (χ0) is 49.8. The Bertz CT molecular complexity index is 4070. The van der Waals surface area contributed by atoms with E-state index in [2.05, 4.69) is 289 Å². The van der Waals surface area contributed by atoms with Crippen molar-refractivity contribution in [1.29, 1.82) is 0 Å². The van der Waals surface area contributed by atoms with E-state index in [9.17, 15) is 0 Å². The fraction of sp³-hybridized carbons (Fsp3) is 0.0833. The third-order valence-corrected chi connectivity index (χ3v) is 16.8. The third kappa shape index (κ3) is 6.22. The molecule has 0 amide bonds. The van der Waals surface area contributed by atoms with Crippen LogP contribution in [0.3, 0.4) is 0 Å². The zero-order valence-electron chi connectivity index (χ0n) is 42.1. The van der Waals surface area contributed by atoms with E-state index in [1.807, 2.05) is 0 Å². The summed E-state index contributed by atoms with van der Waals surface area (Å²) in [4.78, 5) is 4.92. The largest absolute Gasteiger partial charge is 0.310 e. The topological polar surface area (TPSA) is 11.4 Å². The van der Waals surface area contributed by atoms with Gasteiger partial charge < -0.3 is 14.4 Å². The van der Waals surface area contributed by atoms with Gasteiger partial charge in [0.1, 0.15) is 0 Å². The number of fused-ring (bicyclic) bond motifs is 17. The van der Waals surface area contributed by atoms with E-state index in [1.54, 1.807) is 0 Å². The normalized spacial score (nSPS) is 16.5. The summed E-state index contributed by atoms with van der Waals surface area (Å²) < 4.78 is 2.69. The predicted octanol–water partition coefficient (Wildman–Crippen LogP) is 19.0. The molecule has 0 bridgehead atoms. The molecule has 0 fully saturated rings. The highest BCUT2D eigenvalue weighted by atomic mass is 15.2. The van der Waals surface area contributed by atoms with E-state index >= 15 is 0 Å². The van der Waals surface area contributed by atoms with Crippen LogP contribution in [0.1, 0.15) is 60.1 Å². The van der Waals surface area contributed by atoms with E-state index in [1.165, 1.54) is 94.3 Å². The monoisotopic (exact) mass is 959 g/mol. The molecule has 1 spiro atoms. The second-order valence-electron chi connectivity index (χ2n) is 21.0. The first-order valence-electron chi connectivity index (χ1n) is 26.5. The Balaban J connectivity index is 1.15. The van der Waals surface area contributed by atoms with Crippen LogP contribution in [0.5, 0.6) is 0 Å². The van der Waals surface area contributed by atoms with Crippen LogP contribution in [0, 0.1) is 0 Å². The Kier molecular flexibility index (Phi) is 9.65. The molecule has 0 aliphatic heterocycles. The molecule has 3 heteroatoms. The molecule has 4 aliphatic rings. The van der Waals surface area contributed by atoms with Crippen molar-refractivity contribution >= 4 is 67.2 Å². The van der Waals surface area contributed by atoms with Crippen molar-refractivity contribution in [3.05, 3.63) is 300 Å². The lowest BCUT2D eigenvalue weighted by Gasteiger charge is -2.33. The summed E-state index contributed by atoms with van der Waals surface area (Å²) in [5.41, 5.74) is 25.2. The number of anilines is 6. The van der Waals surface area contributed by atoms with Gasteiger partial charge in [-0.15, -0.1) is 0 Å². The third-order valence-electron chi connectivity index (χ3n) is 16.8. The van der Waals surface area contributed by atoms with Gasteiger partial charge in [0.25, 0.3) is 0 Å². The highest BCUT2D eigenvalue weighted by Gasteiger charge is 2.54. The lowest BCUT2D eigenvalue weighted by molar-refractivity contribution is 0.660. The number of rotatable bonds is 7. The summed E-state index contributed by atoms with van der Waals surface area (Å²) in [5, 5.41) is 2.40. The Hall–Kier alpha value is -9.18. The fourth-order valence-electron chi connectivity index (χ4n) is 13.7. The zero-order valence-corrected chi connectivity index (χ0v) is 42.1. The minimum atomic E-state index is -0.662. The number of para-hydroxylation sites is 4. The average Bonchev–Trinajstić information content (AvgIpc) is 4.20. The van der Waals surface area contributed by atoms with Gasteiger partial charge in [-0.2, -0.15) is 0 Å². The van der Waals surface area contributed by atoms with Crippen molar-refractivity contribution in [3.63, 3.8) is 0 Å². The molecule has 10 aromatic carbocycles. The molecule has 0 atom stereocenters. The fourth-order valence-corrected chi connectivity index (χ4v) is 13.7. The lowest BCUT2D eigenvalue weighted by atomic mass is 9.70. The van der Waals surface area contributed by atoms with E-state index in [0.717, 1.165) is 47.0 Å². The van der Waals surface area contributed by atoms with Crippen molar-refractivity contribution in [3.8, 4) is 22.3 Å². The van der Waals surface area contributed by atoms with Crippen molar-refractivity contribution < 1.29 is 0 Å². The maximum absolute atomic E-state index is 2.69. The van der Waals surface area contributed by atoms with Gasteiger partial charge >= 0.3 is 0 Å². The molecule has 0 saturated carbocycles. The molecule has 75 heavy (non-hydrogen) atoms. The number of nitrogens with zero attached hydrogens (tertiary/aromatic N) is 3. The first-order valence-corrected chi connectivity index (χ1v) is 26.5. The smallest absolute Gasteiger partial charge is 0.0747 e. The highest BCUT2D eigenvalue weighted by molar-refractivity contribution is 6.19. The van der Waals surface area contributed by atoms with Crippen LogP contribution in [-0.2, 0) is 10.8 Å². The first-order chi connectivity index (χ1) is 37.0. The van der Waals surface area contributed by atoms with Gasteiger partial charge in [0.15, 0.2) is 0 Å². The second-order valence-corrected chi connectivity index (χ2v) is 21.0. The molecule has 15 rings (SSSR count). The van der Waals surface area contributed by atoms with Gasteiger partial charge in [0, 0.05) is 61.4 Å². The van der Waals surface area contributed by atoms with Crippen molar-refractivity contribution in [2.75, 3.05) is 9.80 Å². The number of allylic oxidation sites excluding steroid dienone is 6. The van der Waals surface area contributed by atoms with Crippen LogP contribution >= 0.6 is 0 Å². The molecule has 0 N–H and O–H groups in total. The van der Waals surface area contributed by atoms with Gasteiger partial charge in [-0.25, -0.2) is 0 Å². The molecule has 0 saturated heterocycles. The summed E-state index contributed by atoms with van der Waals surface area (Å²) in [7, 11) is 0. The summed E-state index contributed by atoms with van der Waals surface area (Å²) in [5.74, 6) is 0. The van der Waals surface area contributed by atoms with E-state index in [-0.39, 0.29) is 5.41 Å². The van der Waals surface area contributed by atoms with E-state index in [0.29, 0.717) is 0 Å². The minimum absolute atomic E-state index is 0.210. The van der Waals surface area contributed by atoms with Crippen LogP contribution in [0.25, 0.3) is 55.3 Å². The van der Waals surface area contributed by atoms with Gasteiger partial charge in [0.05, 0.1) is 22.1 Å². The number of hydrogen-bond donors (Lipinski definition) is 0. The van der Waals surface area contributed by atoms with Gasteiger partial charge in [-0.3, -0.25) is 0 Å². The van der Waals surface area contributed by atoms with Crippen molar-refractivity contribution in [2.24, 2.45) is 0 Å². The van der Waals surface area contributed by atoms with Gasteiger partial charge in [0.2, 0.25) is 0 Å². The summed E-state index contributed by atoms with van der Waals surface area (Å²) in [6.45, 7) is 4.84. The van der Waals surface area contributed by atoms with E-state index < -0.39 is 5.41 Å². The predicted molar refractivity (Wildman–Crippen MR) is 314 cm³/mol.